The Bertz CT molecular complexity index is 87.0. The molecule has 0 fully saturated rings. The molecule has 0 saturated heterocycles. The van der Waals surface area contributed by atoms with Gasteiger partial charge in [-0.05, 0) is 0 Å². The molecule has 0 saturated carbocycles. The molecule has 2 nitrogen and oxygen atoms in total. The lowest BCUT2D eigenvalue weighted by molar-refractivity contribution is -0.136. The fourth-order valence-electron chi connectivity index (χ4n) is 0.316. The van der Waals surface area contributed by atoms with E-state index < -0.39 is 5.97 Å². The van der Waals surface area contributed by atoms with Crippen LogP contribution < -0.4 is 0 Å². The molecule has 9 heavy (non-hydrogen) atoms. The smallest absolute Gasteiger partial charge is 0.304 e. The van der Waals surface area contributed by atoms with Crippen molar-refractivity contribution in [2.75, 3.05) is 18.2 Å². The van der Waals surface area contributed by atoms with E-state index in [1.807, 2.05) is 0 Å². The van der Waals surface area contributed by atoms with Gasteiger partial charge in [-0.3, -0.25) is 9.18 Å². The van der Waals surface area contributed by atoms with Crippen molar-refractivity contribution in [3.63, 3.8) is 0 Å². The van der Waals surface area contributed by atoms with Gasteiger partial charge in [0.25, 0.3) is 0 Å². The summed E-state index contributed by atoms with van der Waals surface area (Å²) in [6.45, 7) is -0.371. The van der Waals surface area contributed by atoms with Crippen molar-refractivity contribution >= 4 is 17.7 Å². The number of hydrogen-bond donors (Lipinski definition) is 1. The lowest BCUT2D eigenvalue weighted by Crippen LogP contribution is -1.96. The molecule has 0 rings (SSSR count). The van der Waals surface area contributed by atoms with Crippen molar-refractivity contribution in [1.82, 2.24) is 0 Å². The van der Waals surface area contributed by atoms with Crippen LogP contribution in [0.1, 0.15) is 6.42 Å². The molecule has 0 spiro atoms. The highest BCUT2D eigenvalue weighted by Crippen LogP contribution is 2.01. The number of thioether (sulfide) groups is 1. The molecule has 0 aromatic carbocycles. The highest BCUT2D eigenvalue weighted by Gasteiger charge is 1.94. The van der Waals surface area contributed by atoms with E-state index in [0.29, 0.717) is 11.5 Å². The Balaban J connectivity index is 2.83. The average Bonchev–Trinajstić information content (AvgIpc) is 1.80. The minimum absolute atomic E-state index is 0.130. The number of carboxylic acids is 1. The quantitative estimate of drug-likeness (QED) is 0.601. The lowest BCUT2D eigenvalue weighted by Gasteiger charge is -1.92. The average molecular weight is 152 g/mol. The largest absolute Gasteiger partial charge is 0.481 e. The van der Waals surface area contributed by atoms with Gasteiger partial charge >= 0.3 is 5.97 Å². The zero-order chi connectivity index (χ0) is 7.11. The Morgan fingerprint density at radius 1 is 1.56 bits per heavy atom. The lowest BCUT2D eigenvalue weighted by atomic mass is 10.5. The second kappa shape index (κ2) is 5.88. The van der Waals surface area contributed by atoms with Crippen molar-refractivity contribution in [3.8, 4) is 0 Å². The number of halogens is 1. The molecule has 1 N–H and O–H groups in total. The molecule has 0 atom stereocenters. The van der Waals surface area contributed by atoms with Gasteiger partial charge in [0.05, 0.1) is 13.1 Å². The summed E-state index contributed by atoms with van der Waals surface area (Å²) in [6.07, 6.45) is 0.130. The first kappa shape index (κ1) is 8.75. The van der Waals surface area contributed by atoms with E-state index in [0.717, 1.165) is 0 Å². The van der Waals surface area contributed by atoms with Crippen LogP contribution in [0.2, 0.25) is 0 Å². The van der Waals surface area contributed by atoms with Crippen LogP contribution in [0, 0.1) is 0 Å². The molecule has 0 aromatic rings. The summed E-state index contributed by atoms with van der Waals surface area (Å²) in [5.41, 5.74) is 0. The Morgan fingerprint density at radius 3 is 2.67 bits per heavy atom. The molecule has 0 heterocycles. The van der Waals surface area contributed by atoms with E-state index in [4.69, 9.17) is 5.11 Å². The number of aliphatic carboxylic acids is 1. The highest BCUT2D eigenvalue weighted by atomic mass is 32.2. The highest BCUT2D eigenvalue weighted by molar-refractivity contribution is 7.99. The topological polar surface area (TPSA) is 37.3 Å². The summed E-state index contributed by atoms with van der Waals surface area (Å²) < 4.78 is 11.3. The van der Waals surface area contributed by atoms with Crippen LogP contribution in [0.4, 0.5) is 4.39 Å². The zero-order valence-corrected chi connectivity index (χ0v) is 5.79. The molecule has 0 bridgehead atoms. The van der Waals surface area contributed by atoms with Gasteiger partial charge in [0.15, 0.2) is 0 Å². The third-order valence-corrected chi connectivity index (χ3v) is 1.62. The second-order valence-corrected chi connectivity index (χ2v) is 2.67. The van der Waals surface area contributed by atoms with Crippen LogP contribution in [0.25, 0.3) is 0 Å². The maximum absolute atomic E-state index is 11.3. The second-order valence-electron chi connectivity index (χ2n) is 1.45. The molecule has 54 valence electrons. The van der Waals surface area contributed by atoms with Crippen molar-refractivity contribution < 1.29 is 14.3 Å². The summed E-state index contributed by atoms with van der Waals surface area (Å²) in [5, 5.41) is 8.11. The van der Waals surface area contributed by atoms with E-state index in [2.05, 4.69) is 0 Å². The first-order valence-electron chi connectivity index (χ1n) is 2.63. The van der Waals surface area contributed by atoms with Crippen molar-refractivity contribution in [2.24, 2.45) is 0 Å². The Kier molecular flexibility index (Phi) is 5.72. The van der Waals surface area contributed by atoms with E-state index in [-0.39, 0.29) is 13.1 Å². The molecular formula is C5H9FO2S. The summed E-state index contributed by atoms with van der Waals surface area (Å²) in [7, 11) is 0. The number of carboxylic acid groups (broad SMARTS) is 1. The Hall–Kier alpha value is -0.250. The van der Waals surface area contributed by atoms with Crippen LogP contribution in [0.3, 0.4) is 0 Å². The van der Waals surface area contributed by atoms with Gasteiger partial charge in [0.1, 0.15) is 0 Å². The summed E-state index contributed by atoms with van der Waals surface area (Å²) in [4.78, 5) is 9.86. The number of alkyl halides is 1. The first-order valence-corrected chi connectivity index (χ1v) is 3.78. The van der Waals surface area contributed by atoms with Crippen molar-refractivity contribution in [2.45, 2.75) is 6.42 Å². The van der Waals surface area contributed by atoms with Gasteiger partial charge in [-0.1, -0.05) is 0 Å². The maximum Gasteiger partial charge on any atom is 0.304 e. The SMILES string of the molecule is O=C(O)CCSCCF. The molecule has 0 aliphatic rings. The van der Waals surface area contributed by atoms with Gasteiger partial charge < -0.3 is 5.11 Å². The Morgan fingerprint density at radius 2 is 2.22 bits per heavy atom. The van der Waals surface area contributed by atoms with E-state index >= 15 is 0 Å². The van der Waals surface area contributed by atoms with Crippen LogP contribution >= 0.6 is 11.8 Å². The molecule has 4 heteroatoms. The minimum Gasteiger partial charge on any atom is -0.481 e. The summed E-state index contributed by atoms with van der Waals surface area (Å²) in [5.74, 6) is 0.105. The number of rotatable bonds is 5. The molecular weight excluding hydrogens is 143 g/mol. The van der Waals surface area contributed by atoms with Gasteiger partial charge in [0.2, 0.25) is 0 Å². The molecule has 0 unspecified atom stereocenters. The summed E-state index contributed by atoms with van der Waals surface area (Å²) >= 11 is 1.33. The third kappa shape index (κ3) is 7.75. The molecule has 0 aromatic heterocycles. The zero-order valence-electron chi connectivity index (χ0n) is 4.97. The fraction of sp³-hybridized carbons (Fsp3) is 0.800. The number of carbonyl (C=O) groups is 1. The van der Waals surface area contributed by atoms with Crippen LogP contribution in [0.5, 0.6) is 0 Å². The predicted octanol–water partition coefficient (Wildman–Crippen LogP) is 1.16. The van der Waals surface area contributed by atoms with Crippen molar-refractivity contribution in [1.29, 1.82) is 0 Å². The van der Waals surface area contributed by atoms with E-state index in [1.165, 1.54) is 11.8 Å². The summed E-state index contributed by atoms with van der Waals surface area (Å²) in [6, 6.07) is 0. The maximum atomic E-state index is 11.3. The molecule has 0 aliphatic carbocycles. The van der Waals surface area contributed by atoms with E-state index in [9.17, 15) is 9.18 Å². The van der Waals surface area contributed by atoms with Gasteiger partial charge in [-0.15, -0.1) is 0 Å². The first-order chi connectivity index (χ1) is 4.27. The van der Waals surface area contributed by atoms with Gasteiger partial charge in [-0.2, -0.15) is 11.8 Å². The Labute approximate surface area is 57.4 Å². The standard InChI is InChI=1S/C5H9FO2S/c6-2-4-9-3-1-5(7)8/h1-4H2,(H,7,8). The van der Waals surface area contributed by atoms with Gasteiger partial charge in [0, 0.05) is 11.5 Å². The third-order valence-electron chi connectivity index (χ3n) is 0.682. The molecule has 0 amide bonds. The fourth-order valence-corrected chi connectivity index (χ4v) is 0.948. The van der Waals surface area contributed by atoms with Crippen LogP contribution in [0.15, 0.2) is 0 Å². The molecule has 0 radical (unpaired) electrons. The van der Waals surface area contributed by atoms with Crippen molar-refractivity contribution in [3.05, 3.63) is 0 Å². The van der Waals surface area contributed by atoms with Gasteiger partial charge in [-0.25, -0.2) is 0 Å². The van der Waals surface area contributed by atoms with Crippen LogP contribution in [-0.2, 0) is 4.79 Å². The van der Waals surface area contributed by atoms with E-state index in [1.54, 1.807) is 0 Å². The molecule has 0 aliphatic heterocycles. The number of hydrogen-bond acceptors (Lipinski definition) is 2. The van der Waals surface area contributed by atoms with Crippen LogP contribution in [-0.4, -0.2) is 29.3 Å². The minimum atomic E-state index is -0.818. The predicted molar refractivity (Wildman–Crippen MR) is 35.6 cm³/mol. The monoisotopic (exact) mass is 152 g/mol. The normalized spacial score (nSPS) is 9.44.